The van der Waals surface area contributed by atoms with Crippen LogP contribution in [0.1, 0.15) is 6.92 Å². The third-order valence-corrected chi connectivity index (χ3v) is 1.49. The fraction of sp³-hybridized carbons (Fsp3) is 0.667. The van der Waals surface area contributed by atoms with Crippen LogP contribution in [0.15, 0.2) is 0 Å². The van der Waals surface area contributed by atoms with Crippen LogP contribution in [0, 0.1) is 0 Å². The molecule has 1 N–H and O–H groups in total. The van der Waals surface area contributed by atoms with Crippen molar-refractivity contribution in [3.8, 4) is 0 Å². The number of aliphatic hydroxyl groups excluding tert-OH is 1. The van der Waals surface area contributed by atoms with E-state index in [1.165, 1.54) is 6.92 Å². The summed E-state index contributed by atoms with van der Waals surface area (Å²) in [5.41, 5.74) is 0. The minimum atomic E-state index is -0.887. The van der Waals surface area contributed by atoms with Crippen LogP contribution in [0.2, 0.25) is 0 Å². The maximum absolute atomic E-state index is 10.1. The Kier molecular flexibility index (Phi) is 3.50. The van der Waals surface area contributed by atoms with Gasteiger partial charge in [-0.05, 0) is 17.7 Å². The monoisotopic (exact) mass is 138 g/mol. The summed E-state index contributed by atoms with van der Waals surface area (Å²) in [6.45, 7) is 1.41. The molecule has 0 saturated carbocycles. The summed E-state index contributed by atoms with van der Waals surface area (Å²) >= 11 is 3.56. The van der Waals surface area contributed by atoms with Gasteiger partial charge in [0.1, 0.15) is 6.10 Å². The summed E-state index contributed by atoms with van der Waals surface area (Å²) in [4.78, 5) is 10.1. The van der Waals surface area contributed by atoms with Crippen LogP contribution in [0.3, 0.4) is 0 Å². The van der Waals surface area contributed by atoms with Crippen molar-refractivity contribution < 1.29 is 9.90 Å². The summed E-state index contributed by atoms with van der Waals surface area (Å²) in [7, 11) is 0.738. The van der Waals surface area contributed by atoms with Gasteiger partial charge in [-0.3, -0.25) is 4.79 Å². The van der Waals surface area contributed by atoms with E-state index in [-0.39, 0.29) is 5.12 Å². The van der Waals surface area contributed by atoms with Gasteiger partial charge < -0.3 is 5.11 Å². The Balaban J connectivity index is 3.35. The zero-order valence-corrected chi connectivity index (χ0v) is 5.50. The molecule has 0 fully saturated rings. The third-order valence-electron chi connectivity index (χ3n) is 0.431. The SMILES string of the molecule is CC(O)C(=O)SS. The third kappa shape index (κ3) is 2.96. The predicted octanol–water partition coefficient (Wildman–Crippen LogP) is 0.472. The van der Waals surface area contributed by atoms with E-state index >= 15 is 0 Å². The minimum absolute atomic E-state index is 0.316. The minimum Gasteiger partial charge on any atom is -0.385 e. The maximum Gasteiger partial charge on any atom is 0.227 e. The molecule has 1 unspecified atom stereocenters. The fourth-order valence-corrected chi connectivity index (χ4v) is 0.686. The molecule has 0 aromatic rings. The van der Waals surface area contributed by atoms with Crippen LogP contribution in [0.5, 0.6) is 0 Å². The number of rotatable bonds is 1. The summed E-state index contributed by atoms with van der Waals surface area (Å²) in [6.07, 6.45) is -0.887. The molecule has 1 atom stereocenters. The van der Waals surface area contributed by atoms with E-state index in [0.29, 0.717) is 0 Å². The average Bonchev–Trinajstić information content (AvgIpc) is 1.65. The molecule has 0 heterocycles. The molecule has 7 heavy (non-hydrogen) atoms. The largest absolute Gasteiger partial charge is 0.385 e. The van der Waals surface area contributed by atoms with Crippen molar-refractivity contribution in [2.24, 2.45) is 0 Å². The number of carbonyl (C=O) groups excluding carboxylic acids is 1. The van der Waals surface area contributed by atoms with E-state index in [1.807, 2.05) is 0 Å². The zero-order valence-electron chi connectivity index (χ0n) is 3.79. The topological polar surface area (TPSA) is 37.3 Å². The second kappa shape index (κ2) is 3.35. The molecular weight excluding hydrogens is 132 g/mol. The molecule has 0 aromatic carbocycles. The Morgan fingerprint density at radius 2 is 2.43 bits per heavy atom. The number of carbonyl (C=O) groups is 1. The lowest BCUT2D eigenvalue weighted by Crippen LogP contribution is -2.09. The number of hydrogen-bond acceptors (Lipinski definition) is 4. The van der Waals surface area contributed by atoms with E-state index in [1.54, 1.807) is 0 Å². The van der Waals surface area contributed by atoms with Gasteiger partial charge in [-0.1, -0.05) is 0 Å². The zero-order chi connectivity index (χ0) is 5.86. The van der Waals surface area contributed by atoms with Crippen molar-refractivity contribution in [1.82, 2.24) is 0 Å². The molecule has 0 aliphatic carbocycles. The van der Waals surface area contributed by atoms with Gasteiger partial charge in [0.2, 0.25) is 5.12 Å². The van der Waals surface area contributed by atoms with Crippen LogP contribution in [0.25, 0.3) is 0 Å². The average molecular weight is 138 g/mol. The second-order valence-electron chi connectivity index (χ2n) is 1.09. The van der Waals surface area contributed by atoms with Crippen molar-refractivity contribution in [3.05, 3.63) is 0 Å². The molecule has 4 heteroatoms. The van der Waals surface area contributed by atoms with Gasteiger partial charge in [-0.15, -0.1) is 11.7 Å². The molecule has 0 amide bonds. The molecule has 0 spiro atoms. The van der Waals surface area contributed by atoms with Gasteiger partial charge in [-0.25, -0.2) is 0 Å². The highest BCUT2D eigenvalue weighted by molar-refractivity contribution is 8.74. The highest BCUT2D eigenvalue weighted by atomic mass is 33.1. The van der Waals surface area contributed by atoms with Crippen molar-refractivity contribution >= 4 is 27.6 Å². The highest BCUT2D eigenvalue weighted by Gasteiger charge is 2.04. The van der Waals surface area contributed by atoms with Crippen molar-refractivity contribution in [1.29, 1.82) is 0 Å². The number of thiol groups is 1. The van der Waals surface area contributed by atoms with Crippen molar-refractivity contribution in [2.75, 3.05) is 0 Å². The molecule has 0 rings (SSSR count). The summed E-state index contributed by atoms with van der Waals surface area (Å²) in [5, 5.41) is 8.09. The molecule has 42 valence electrons. The molecule has 0 radical (unpaired) electrons. The first-order valence-electron chi connectivity index (χ1n) is 1.72. The predicted molar refractivity (Wildman–Crippen MR) is 33.3 cm³/mol. The van der Waals surface area contributed by atoms with E-state index in [2.05, 4.69) is 11.7 Å². The molecule has 0 aliphatic rings. The molecule has 0 bridgehead atoms. The highest BCUT2D eigenvalue weighted by Crippen LogP contribution is 2.08. The van der Waals surface area contributed by atoms with Crippen LogP contribution in [-0.2, 0) is 4.79 Å². The first kappa shape index (κ1) is 7.33. The second-order valence-corrected chi connectivity index (χ2v) is 2.22. The van der Waals surface area contributed by atoms with Crippen LogP contribution >= 0.6 is 22.5 Å². The molecular formula is C3H6O2S2. The van der Waals surface area contributed by atoms with Crippen molar-refractivity contribution in [2.45, 2.75) is 13.0 Å². The van der Waals surface area contributed by atoms with Gasteiger partial charge in [0.05, 0.1) is 0 Å². The molecule has 0 aromatic heterocycles. The molecule has 0 aliphatic heterocycles. The van der Waals surface area contributed by atoms with E-state index in [9.17, 15) is 4.79 Å². The van der Waals surface area contributed by atoms with Gasteiger partial charge in [-0.2, -0.15) is 0 Å². The summed E-state index contributed by atoms with van der Waals surface area (Å²) < 4.78 is 0. The Hall–Kier alpha value is 0.330. The summed E-state index contributed by atoms with van der Waals surface area (Å²) in [5.74, 6) is 0. The smallest absolute Gasteiger partial charge is 0.227 e. The van der Waals surface area contributed by atoms with Crippen molar-refractivity contribution in [3.63, 3.8) is 0 Å². The van der Waals surface area contributed by atoms with E-state index in [0.717, 1.165) is 10.8 Å². The fourth-order valence-electron chi connectivity index (χ4n) is 0.0763. The van der Waals surface area contributed by atoms with Crippen LogP contribution in [-0.4, -0.2) is 16.3 Å². The van der Waals surface area contributed by atoms with E-state index in [4.69, 9.17) is 5.11 Å². The Bertz CT molecular complexity index is 71.3. The molecule has 2 nitrogen and oxygen atoms in total. The number of aliphatic hydroxyl groups is 1. The van der Waals surface area contributed by atoms with Gasteiger partial charge >= 0.3 is 0 Å². The number of hydrogen-bond donors (Lipinski definition) is 2. The molecule has 0 saturated heterocycles. The Morgan fingerprint density at radius 3 is 2.43 bits per heavy atom. The normalized spacial score (nSPS) is 13.6. The first-order chi connectivity index (χ1) is 3.18. The van der Waals surface area contributed by atoms with Gasteiger partial charge in [0.15, 0.2) is 0 Å². The van der Waals surface area contributed by atoms with Gasteiger partial charge in [0, 0.05) is 0 Å². The standard InChI is InChI=1S/C3H6O2S2/c1-2(4)3(5)7-6/h2,4,6H,1H3. The lowest BCUT2D eigenvalue weighted by molar-refractivity contribution is -0.117. The van der Waals surface area contributed by atoms with Gasteiger partial charge in [0.25, 0.3) is 0 Å². The first-order valence-corrected chi connectivity index (χ1v) is 3.58. The van der Waals surface area contributed by atoms with Crippen LogP contribution in [0.4, 0.5) is 0 Å². The van der Waals surface area contributed by atoms with Crippen LogP contribution < -0.4 is 0 Å². The lowest BCUT2D eigenvalue weighted by atomic mass is 10.5. The van der Waals surface area contributed by atoms with E-state index < -0.39 is 6.10 Å². The lowest BCUT2D eigenvalue weighted by Gasteiger charge is -1.93. The maximum atomic E-state index is 10.1. The Morgan fingerprint density at radius 1 is 2.00 bits per heavy atom. The summed E-state index contributed by atoms with van der Waals surface area (Å²) in [6, 6.07) is 0. The Labute approximate surface area is 51.1 Å². The quantitative estimate of drug-likeness (QED) is 0.408.